The van der Waals surface area contributed by atoms with Gasteiger partial charge in [-0.1, -0.05) is 57.9 Å². The molecular weight excluding hydrogens is 392 g/mol. The van der Waals surface area contributed by atoms with Crippen LogP contribution in [0.15, 0.2) is 64.5 Å². The molecule has 0 aliphatic carbocycles. The van der Waals surface area contributed by atoms with Gasteiger partial charge in [-0.3, -0.25) is 5.10 Å². The van der Waals surface area contributed by atoms with E-state index in [-0.39, 0.29) is 11.8 Å². The summed E-state index contributed by atoms with van der Waals surface area (Å²) in [5.41, 5.74) is 11.1. The highest BCUT2D eigenvalue weighted by molar-refractivity contribution is 9.10. The predicted molar refractivity (Wildman–Crippen MR) is 102 cm³/mol. The van der Waals surface area contributed by atoms with E-state index in [1.54, 1.807) is 0 Å². The number of hydrogen-bond donors (Lipinski definition) is 2. The molecule has 0 radical (unpaired) electrons. The largest absolute Gasteiger partial charge is 0.420 e. The second kappa shape index (κ2) is 6.36. The number of nitrogens with two attached hydrogens (primary N) is 1. The van der Waals surface area contributed by atoms with Gasteiger partial charge in [0.25, 0.3) is 0 Å². The summed E-state index contributed by atoms with van der Waals surface area (Å²) in [6.45, 7) is 2.04. The van der Waals surface area contributed by atoms with Crippen LogP contribution in [0.5, 0.6) is 5.88 Å². The number of nitriles is 1. The van der Waals surface area contributed by atoms with Crippen LogP contribution < -0.4 is 10.5 Å². The molecule has 3 aromatic rings. The predicted octanol–water partition coefficient (Wildman–Crippen LogP) is 4.37. The Hall–Kier alpha value is -3.04. The van der Waals surface area contributed by atoms with Gasteiger partial charge in [-0.05, 0) is 24.6 Å². The third-order valence-corrected chi connectivity index (χ3v) is 5.01. The quantitative estimate of drug-likeness (QED) is 0.661. The van der Waals surface area contributed by atoms with E-state index in [1.165, 1.54) is 5.56 Å². The standard InChI is InChI=1S/C20H15BrN4O/c1-11-2-4-13(5-3-11)18-17-16(12-6-8-14(21)9-7-12)15(10-22)19(23)26-20(17)25-24-18/h2-9,16H,23H2,1H3,(H,24,25)/t16-/m0/s1. The summed E-state index contributed by atoms with van der Waals surface area (Å²) in [4.78, 5) is 0. The summed E-state index contributed by atoms with van der Waals surface area (Å²) in [6, 6.07) is 18.2. The van der Waals surface area contributed by atoms with Crippen LogP contribution in [-0.2, 0) is 0 Å². The Bertz CT molecular complexity index is 1040. The molecule has 0 amide bonds. The van der Waals surface area contributed by atoms with Crippen LogP contribution in [0, 0.1) is 18.3 Å². The van der Waals surface area contributed by atoms with E-state index in [1.807, 2.05) is 55.5 Å². The van der Waals surface area contributed by atoms with Gasteiger partial charge in [-0.15, -0.1) is 5.10 Å². The Labute approximate surface area is 159 Å². The van der Waals surface area contributed by atoms with Crippen LogP contribution in [0.1, 0.15) is 22.6 Å². The normalized spacial score (nSPS) is 16.0. The number of halogens is 1. The number of fused-ring (bicyclic) bond motifs is 1. The minimum Gasteiger partial charge on any atom is -0.420 e. The number of aromatic nitrogens is 2. The van der Waals surface area contributed by atoms with Crippen LogP contribution in [0.4, 0.5) is 0 Å². The molecule has 0 spiro atoms. The fourth-order valence-electron chi connectivity index (χ4n) is 3.17. The van der Waals surface area contributed by atoms with Gasteiger partial charge >= 0.3 is 0 Å². The first kappa shape index (κ1) is 16.4. The molecule has 6 heteroatoms. The van der Waals surface area contributed by atoms with Crippen molar-refractivity contribution in [3.8, 4) is 23.2 Å². The molecule has 0 bridgehead atoms. The van der Waals surface area contributed by atoms with Crippen molar-refractivity contribution in [2.24, 2.45) is 5.73 Å². The molecule has 4 rings (SSSR count). The van der Waals surface area contributed by atoms with Gasteiger partial charge in [-0.25, -0.2) is 0 Å². The van der Waals surface area contributed by atoms with E-state index in [0.717, 1.165) is 26.9 Å². The van der Waals surface area contributed by atoms with E-state index < -0.39 is 0 Å². The molecule has 0 fully saturated rings. The molecular formula is C20H15BrN4O. The van der Waals surface area contributed by atoms with Gasteiger partial charge in [-0.2, -0.15) is 5.26 Å². The number of ether oxygens (including phenoxy) is 1. The second-order valence-electron chi connectivity index (χ2n) is 6.16. The van der Waals surface area contributed by atoms with Crippen molar-refractivity contribution >= 4 is 15.9 Å². The highest BCUT2D eigenvalue weighted by Gasteiger charge is 2.35. The number of nitrogens with zero attached hydrogens (tertiary/aromatic N) is 2. The second-order valence-corrected chi connectivity index (χ2v) is 7.08. The Morgan fingerprint density at radius 2 is 1.85 bits per heavy atom. The zero-order valence-electron chi connectivity index (χ0n) is 14.0. The first-order chi connectivity index (χ1) is 12.6. The van der Waals surface area contributed by atoms with Crippen molar-refractivity contribution in [2.75, 3.05) is 0 Å². The number of allylic oxidation sites excluding steroid dienone is 1. The summed E-state index contributed by atoms with van der Waals surface area (Å²) in [5, 5.41) is 17.0. The molecule has 1 aliphatic rings. The van der Waals surface area contributed by atoms with Crippen molar-refractivity contribution in [3.05, 3.63) is 81.2 Å². The monoisotopic (exact) mass is 406 g/mol. The average molecular weight is 407 g/mol. The summed E-state index contributed by atoms with van der Waals surface area (Å²) < 4.78 is 6.59. The summed E-state index contributed by atoms with van der Waals surface area (Å²) in [6.07, 6.45) is 0. The minimum atomic E-state index is -0.341. The molecule has 1 aromatic heterocycles. The maximum atomic E-state index is 9.70. The zero-order chi connectivity index (χ0) is 18.3. The number of H-pyrrole nitrogens is 1. The van der Waals surface area contributed by atoms with Crippen molar-refractivity contribution in [2.45, 2.75) is 12.8 Å². The molecule has 0 unspecified atom stereocenters. The number of hydrogen-bond acceptors (Lipinski definition) is 4. The van der Waals surface area contributed by atoms with Crippen LogP contribution in [-0.4, -0.2) is 10.2 Å². The third-order valence-electron chi connectivity index (χ3n) is 4.48. The number of rotatable bonds is 2. The fraction of sp³-hybridized carbons (Fsp3) is 0.100. The highest BCUT2D eigenvalue weighted by atomic mass is 79.9. The van der Waals surface area contributed by atoms with Gasteiger partial charge < -0.3 is 10.5 Å². The summed E-state index contributed by atoms with van der Waals surface area (Å²) >= 11 is 3.45. The van der Waals surface area contributed by atoms with Gasteiger partial charge in [0.1, 0.15) is 11.6 Å². The van der Waals surface area contributed by atoms with Gasteiger partial charge in [0, 0.05) is 10.0 Å². The van der Waals surface area contributed by atoms with E-state index in [0.29, 0.717) is 11.5 Å². The number of aryl methyl sites for hydroxylation is 1. The Kier molecular flexibility index (Phi) is 4.02. The first-order valence-electron chi connectivity index (χ1n) is 8.07. The lowest BCUT2D eigenvalue weighted by Gasteiger charge is -2.24. The lowest BCUT2D eigenvalue weighted by Crippen LogP contribution is -2.20. The van der Waals surface area contributed by atoms with Crippen molar-refractivity contribution < 1.29 is 4.74 Å². The van der Waals surface area contributed by atoms with Gasteiger partial charge in [0.2, 0.25) is 11.8 Å². The van der Waals surface area contributed by atoms with Crippen LogP contribution in [0.2, 0.25) is 0 Å². The van der Waals surface area contributed by atoms with Crippen LogP contribution >= 0.6 is 15.9 Å². The molecule has 2 aromatic carbocycles. The van der Waals surface area contributed by atoms with E-state index in [2.05, 4.69) is 32.2 Å². The van der Waals surface area contributed by atoms with Crippen LogP contribution in [0.3, 0.4) is 0 Å². The Morgan fingerprint density at radius 3 is 2.50 bits per heavy atom. The number of aromatic amines is 1. The number of benzene rings is 2. The van der Waals surface area contributed by atoms with Crippen molar-refractivity contribution in [3.63, 3.8) is 0 Å². The van der Waals surface area contributed by atoms with Crippen molar-refractivity contribution in [1.82, 2.24) is 10.2 Å². The molecule has 5 nitrogen and oxygen atoms in total. The van der Waals surface area contributed by atoms with E-state index in [9.17, 15) is 5.26 Å². The van der Waals surface area contributed by atoms with Gasteiger partial charge in [0.15, 0.2) is 0 Å². The maximum Gasteiger partial charge on any atom is 0.244 e. The zero-order valence-corrected chi connectivity index (χ0v) is 15.5. The molecule has 2 heterocycles. The molecule has 1 aliphatic heterocycles. The number of nitrogens with one attached hydrogen (secondary N) is 1. The molecule has 3 N–H and O–H groups in total. The first-order valence-corrected chi connectivity index (χ1v) is 8.86. The maximum absolute atomic E-state index is 9.70. The SMILES string of the molecule is Cc1ccc(-c2[nH]nc3c2[C@@H](c2ccc(Br)cc2)C(C#N)=C(N)O3)cc1. The summed E-state index contributed by atoms with van der Waals surface area (Å²) in [7, 11) is 0. The van der Waals surface area contributed by atoms with E-state index >= 15 is 0 Å². The molecule has 26 heavy (non-hydrogen) atoms. The van der Waals surface area contributed by atoms with E-state index in [4.69, 9.17) is 10.5 Å². The minimum absolute atomic E-state index is 0.0925. The average Bonchev–Trinajstić information content (AvgIpc) is 3.05. The van der Waals surface area contributed by atoms with Gasteiger partial charge in [0.05, 0.1) is 17.2 Å². The Morgan fingerprint density at radius 1 is 1.15 bits per heavy atom. The molecule has 128 valence electrons. The molecule has 0 saturated carbocycles. The lowest BCUT2D eigenvalue weighted by atomic mass is 9.83. The topological polar surface area (TPSA) is 87.7 Å². The van der Waals surface area contributed by atoms with Crippen LogP contribution in [0.25, 0.3) is 11.3 Å². The molecule has 0 saturated heterocycles. The lowest BCUT2D eigenvalue weighted by molar-refractivity contribution is 0.379. The Balaban J connectivity index is 1.93. The molecule has 1 atom stereocenters. The van der Waals surface area contributed by atoms with Crippen molar-refractivity contribution in [1.29, 1.82) is 5.26 Å². The summed E-state index contributed by atoms with van der Waals surface area (Å²) in [5.74, 6) is 0.159. The highest BCUT2D eigenvalue weighted by Crippen LogP contribution is 2.45. The fourth-order valence-corrected chi connectivity index (χ4v) is 3.44. The third kappa shape index (κ3) is 2.67. The smallest absolute Gasteiger partial charge is 0.244 e.